The Labute approximate surface area is 207 Å². The van der Waals surface area contributed by atoms with Gasteiger partial charge in [0.05, 0.1) is 19.8 Å². The fraction of sp³-hybridized carbons (Fsp3) is 0.762. The monoisotopic (exact) mass is 522 g/mol. The highest BCUT2D eigenvalue weighted by atomic mass is 16.7. The van der Waals surface area contributed by atoms with Crippen LogP contribution in [0.25, 0.3) is 0 Å². The van der Waals surface area contributed by atoms with Gasteiger partial charge >= 0.3 is 24.0 Å². The molecule has 2 amide bonds. The summed E-state index contributed by atoms with van der Waals surface area (Å²) in [6.45, 7) is 2.33. The van der Waals surface area contributed by atoms with E-state index in [1.165, 1.54) is 20.8 Å². The molecule has 0 unspecified atom stereocenters. The molecule has 0 spiro atoms. The zero-order chi connectivity index (χ0) is 27.1. The minimum Gasteiger partial charge on any atom is -0.463 e. The van der Waals surface area contributed by atoms with Gasteiger partial charge in [0.25, 0.3) is 0 Å². The lowest BCUT2D eigenvalue weighted by atomic mass is 10.0. The van der Waals surface area contributed by atoms with Gasteiger partial charge in [-0.3, -0.25) is 19.2 Å². The number of amides is 2. The van der Waals surface area contributed by atoms with Crippen molar-refractivity contribution in [2.45, 2.75) is 64.3 Å². The van der Waals surface area contributed by atoms with Gasteiger partial charge < -0.3 is 49.3 Å². The third-order valence-electron chi connectivity index (χ3n) is 4.51. The van der Waals surface area contributed by atoms with Crippen LogP contribution in [-0.4, -0.2) is 110 Å². The predicted molar refractivity (Wildman–Crippen MR) is 117 cm³/mol. The average Bonchev–Trinajstić information content (AvgIpc) is 2.80. The smallest absolute Gasteiger partial charge is 0.407 e. The van der Waals surface area contributed by atoms with E-state index in [4.69, 9.17) is 33.9 Å². The molecule has 1 aliphatic rings. The maximum atomic E-state index is 11.8. The molecule has 1 heterocycles. The highest BCUT2D eigenvalue weighted by Crippen LogP contribution is 2.27. The highest BCUT2D eigenvalue weighted by Gasteiger charge is 2.44. The van der Waals surface area contributed by atoms with Crippen LogP contribution in [0.2, 0.25) is 0 Å². The van der Waals surface area contributed by atoms with Gasteiger partial charge in [-0.2, -0.15) is 0 Å². The van der Waals surface area contributed by atoms with Crippen LogP contribution in [0.4, 0.5) is 4.79 Å². The Morgan fingerprint density at radius 1 is 1.00 bits per heavy atom. The number of ether oxygens (including phenoxy) is 6. The van der Waals surface area contributed by atoms with Crippen molar-refractivity contribution in [1.29, 1.82) is 0 Å². The first-order valence-electron chi connectivity index (χ1n) is 11.2. The van der Waals surface area contributed by atoms with Gasteiger partial charge in [-0.1, -0.05) is 0 Å². The number of carbonyl (C=O) groups excluding carboxylic acids is 5. The lowest BCUT2D eigenvalue weighted by Gasteiger charge is -2.39. The summed E-state index contributed by atoms with van der Waals surface area (Å²) in [6, 6.07) is 0. The van der Waals surface area contributed by atoms with E-state index in [9.17, 15) is 24.0 Å². The first kappa shape index (κ1) is 31.0. The van der Waals surface area contributed by atoms with Crippen molar-refractivity contribution in [3.63, 3.8) is 0 Å². The number of carbonyl (C=O) groups is 5. The zero-order valence-electron chi connectivity index (χ0n) is 20.4. The molecular weight excluding hydrogens is 488 g/mol. The van der Waals surface area contributed by atoms with Crippen molar-refractivity contribution in [2.75, 3.05) is 39.5 Å². The van der Waals surface area contributed by atoms with E-state index in [0.717, 1.165) is 0 Å². The predicted octanol–water partition coefficient (Wildman–Crippen LogP) is -1.87. The third-order valence-corrected chi connectivity index (χ3v) is 4.51. The summed E-state index contributed by atoms with van der Waals surface area (Å²) in [5, 5.41) is 22.5. The molecule has 0 aromatic heterocycles. The largest absolute Gasteiger partial charge is 0.463 e. The Morgan fingerprint density at radius 2 is 1.69 bits per heavy atom. The van der Waals surface area contributed by atoms with Crippen LogP contribution in [0.5, 0.6) is 0 Å². The van der Waals surface area contributed by atoms with E-state index in [0.29, 0.717) is 6.42 Å². The summed E-state index contributed by atoms with van der Waals surface area (Å²) >= 11 is 0. The maximum Gasteiger partial charge on any atom is 0.407 e. The quantitative estimate of drug-likeness (QED) is 0.112. The molecule has 0 aromatic rings. The van der Waals surface area contributed by atoms with E-state index < -0.39 is 73.8 Å². The van der Waals surface area contributed by atoms with Gasteiger partial charge in [-0.05, 0) is 6.42 Å². The molecule has 0 bridgehead atoms. The average molecular weight is 523 g/mol. The number of aliphatic hydroxyl groups excluding tert-OH is 2. The Morgan fingerprint density at radius 3 is 2.31 bits per heavy atom. The Hall–Kier alpha value is -3.01. The minimum absolute atomic E-state index is 0.0530. The molecule has 206 valence electrons. The molecule has 15 heteroatoms. The van der Waals surface area contributed by atoms with Gasteiger partial charge in [-0.15, -0.1) is 0 Å². The lowest BCUT2D eigenvalue weighted by Crippen LogP contribution is -2.54. The standard InChI is InChI=1S/C21H34N2O13/c1-12(25)32-11-17-20(35-14(3)27)16(34-13(2)26)7-19(36-17)31-6-4-5-22-18(29)8-23-21(30)33-10-15(28)9-24/h15-17,19-20,24,28H,4-11H2,1-3H3,(H,22,29)(H,23,30)/t15-,16-,17-,19-,20-/m1/s1. The van der Waals surface area contributed by atoms with E-state index >= 15 is 0 Å². The van der Waals surface area contributed by atoms with Gasteiger partial charge in [0, 0.05) is 33.7 Å². The second-order valence-electron chi connectivity index (χ2n) is 7.73. The van der Waals surface area contributed by atoms with Crippen molar-refractivity contribution >= 4 is 29.9 Å². The molecule has 0 saturated carbocycles. The summed E-state index contributed by atoms with van der Waals surface area (Å²) in [4.78, 5) is 57.4. The SMILES string of the molecule is CC(=O)OC[C@H]1O[C@@H](OCCCNC(=O)CNC(=O)OC[C@H](O)CO)C[C@@H](OC(C)=O)[C@H]1OC(C)=O. The number of rotatable bonds is 14. The molecule has 15 nitrogen and oxygen atoms in total. The maximum absolute atomic E-state index is 11.8. The van der Waals surface area contributed by atoms with E-state index in [-0.39, 0.29) is 32.7 Å². The van der Waals surface area contributed by atoms with E-state index in [1.54, 1.807) is 0 Å². The van der Waals surface area contributed by atoms with Crippen LogP contribution >= 0.6 is 0 Å². The molecule has 4 N–H and O–H groups in total. The molecule has 0 radical (unpaired) electrons. The number of nitrogens with one attached hydrogen (secondary N) is 2. The van der Waals surface area contributed by atoms with Crippen molar-refractivity contribution in [1.82, 2.24) is 10.6 Å². The Kier molecular flexibility index (Phi) is 14.3. The van der Waals surface area contributed by atoms with Crippen LogP contribution < -0.4 is 10.6 Å². The van der Waals surface area contributed by atoms with Crippen LogP contribution in [0, 0.1) is 0 Å². The normalized spacial score (nSPS) is 22.0. The number of esters is 3. The zero-order valence-corrected chi connectivity index (χ0v) is 20.4. The summed E-state index contributed by atoms with van der Waals surface area (Å²) < 4.78 is 31.5. The van der Waals surface area contributed by atoms with Crippen molar-refractivity contribution in [3.05, 3.63) is 0 Å². The van der Waals surface area contributed by atoms with Crippen molar-refractivity contribution in [2.24, 2.45) is 0 Å². The summed E-state index contributed by atoms with van der Waals surface area (Å²) in [7, 11) is 0. The van der Waals surface area contributed by atoms with Crippen LogP contribution in [0.3, 0.4) is 0 Å². The summed E-state index contributed by atoms with van der Waals surface area (Å²) in [5.74, 6) is -2.30. The van der Waals surface area contributed by atoms with Crippen molar-refractivity contribution in [3.8, 4) is 0 Å². The van der Waals surface area contributed by atoms with Crippen LogP contribution in [0.15, 0.2) is 0 Å². The van der Waals surface area contributed by atoms with Gasteiger partial charge in [-0.25, -0.2) is 4.79 Å². The second-order valence-corrected chi connectivity index (χ2v) is 7.73. The van der Waals surface area contributed by atoms with Crippen LogP contribution in [-0.2, 0) is 47.6 Å². The van der Waals surface area contributed by atoms with Gasteiger partial charge in [0.15, 0.2) is 12.4 Å². The number of hydrogen-bond acceptors (Lipinski definition) is 13. The molecule has 1 fully saturated rings. The Bertz CT molecular complexity index is 747. The topological polar surface area (TPSA) is 205 Å². The highest BCUT2D eigenvalue weighted by molar-refractivity contribution is 5.82. The molecular formula is C21H34N2O13. The summed E-state index contributed by atoms with van der Waals surface area (Å²) in [6.07, 6.45) is -5.42. The minimum atomic E-state index is -1.20. The second kappa shape index (κ2) is 16.6. The van der Waals surface area contributed by atoms with Crippen LogP contribution in [0.1, 0.15) is 33.6 Å². The molecule has 0 aromatic carbocycles. The first-order chi connectivity index (χ1) is 17.0. The number of aliphatic hydroxyl groups is 2. The van der Waals surface area contributed by atoms with Gasteiger partial charge in [0.2, 0.25) is 5.91 Å². The third kappa shape index (κ3) is 13.2. The molecule has 5 atom stereocenters. The molecule has 1 saturated heterocycles. The summed E-state index contributed by atoms with van der Waals surface area (Å²) in [5.41, 5.74) is 0. The Balaban J connectivity index is 2.46. The van der Waals surface area contributed by atoms with Gasteiger partial charge in [0.1, 0.15) is 31.5 Å². The lowest BCUT2D eigenvalue weighted by molar-refractivity contribution is -0.266. The molecule has 1 aliphatic heterocycles. The van der Waals surface area contributed by atoms with Crippen molar-refractivity contribution < 1.29 is 62.6 Å². The molecule has 36 heavy (non-hydrogen) atoms. The van der Waals surface area contributed by atoms with E-state index in [1.807, 2.05) is 0 Å². The fourth-order valence-electron chi connectivity index (χ4n) is 3.01. The number of hydrogen-bond donors (Lipinski definition) is 4. The molecule has 1 rings (SSSR count). The first-order valence-corrected chi connectivity index (χ1v) is 11.2. The fourth-order valence-corrected chi connectivity index (χ4v) is 3.01. The number of alkyl carbamates (subject to hydrolysis) is 1. The molecule has 0 aliphatic carbocycles. The van der Waals surface area contributed by atoms with E-state index in [2.05, 4.69) is 15.4 Å².